The molecule has 6 nitrogen and oxygen atoms in total. The number of nitrogen functional groups attached to an aromatic ring is 1. The summed E-state index contributed by atoms with van der Waals surface area (Å²) in [4.78, 5) is 11.8. The number of nitrogens with two attached hydrogens (primary N) is 1. The van der Waals surface area contributed by atoms with Crippen molar-refractivity contribution in [1.82, 2.24) is 9.58 Å². The van der Waals surface area contributed by atoms with Crippen LogP contribution < -0.4 is 5.84 Å². The number of amides is 1. The van der Waals surface area contributed by atoms with Crippen LogP contribution in [0.4, 0.5) is 4.79 Å². The summed E-state index contributed by atoms with van der Waals surface area (Å²) in [5, 5.41) is 17.3. The van der Waals surface area contributed by atoms with Crippen LogP contribution in [0.15, 0.2) is 12.1 Å². The minimum Gasteiger partial charge on any atom is -0.465 e. The molecule has 78 valence electrons. The van der Waals surface area contributed by atoms with Crippen LogP contribution in [-0.2, 0) is 0 Å². The maximum Gasteiger partial charge on any atom is 0.407 e. The van der Waals surface area contributed by atoms with Gasteiger partial charge < -0.3 is 15.8 Å². The van der Waals surface area contributed by atoms with Gasteiger partial charge in [0.15, 0.2) is 0 Å². The number of hydrogen-bond acceptors (Lipinski definition) is 3. The van der Waals surface area contributed by atoms with Crippen molar-refractivity contribution in [2.75, 3.05) is 18.9 Å². The van der Waals surface area contributed by atoms with Crippen LogP contribution in [0.25, 0.3) is 0 Å². The Morgan fingerprint density at radius 3 is 2.73 bits per heavy atom. The quantitative estimate of drug-likeness (QED) is 0.639. The van der Waals surface area contributed by atoms with Crippen LogP contribution in [-0.4, -0.2) is 33.9 Å². The van der Waals surface area contributed by atoms with E-state index in [9.17, 15) is 4.79 Å². The Hall–Kier alpha value is -2.16. The molecule has 1 aromatic rings. The van der Waals surface area contributed by atoms with Gasteiger partial charge >= 0.3 is 6.09 Å². The van der Waals surface area contributed by atoms with Crippen LogP contribution in [0.5, 0.6) is 0 Å². The first kappa shape index (κ1) is 9.40. The van der Waals surface area contributed by atoms with E-state index < -0.39 is 6.09 Å². The van der Waals surface area contributed by atoms with Crippen molar-refractivity contribution in [2.24, 2.45) is 0 Å². The van der Waals surface area contributed by atoms with E-state index in [-0.39, 0.29) is 5.92 Å². The van der Waals surface area contributed by atoms with Crippen molar-refractivity contribution in [3.8, 4) is 6.07 Å². The summed E-state index contributed by atoms with van der Waals surface area (Å²) in [5.74, 6) is 5.78. The summed E-state index contributed by atoms with van der Waals surface area (Å²) in [7, 11) is 0. The first-order valence-corrected chi connectivity index (χ1v) is 4.48. The van der Waals surface area contributed by atoms with Crippen LogP contribution in [0.1, 0.15) is 17.3 Å². The molecule has 2 rings (SSSR count). The van der Waals surface area contributed by atoms with Gasteiger partial charge in [-0.15, -0.1) is 0 Å². The second kappa shape index (κ2) is 3.20. The zero-order valence-corrected chi connectivity index (χ0v) is 7.92. The molecule has 0 radical (unpaired) electrons. The minimum absolute atomic E-state index is 0.105. The lowest BCUT2D eigenvalue weighted by molar-refractivity contribution is 0.104. The van der Waals surface area contributed by atoms with Crippen molar-refractivity contribution in [3.63, 3.8) is 0 Å². The topological polar surface area (TPSA) is 95.3 Å². The lowest BCUT2D eigenvalue weighted by Crippen LogP contribution is -2.48. The molecule has 3 N–H and O–H groups in total. The number of hydrogen-bond donors (Lipinski definition) is 2. The number of aromatic nitrogens is 1. The zero-order valence-electron chi connectivity index (χ0n) is 7.92. The molecular formula is C9H10N4O2. The summed E-state index contributed by atoms with van der Waals surface area (Å²) >= 11 is 0. The summed E-state index contributed by atoms with van der Waals surface area (Å²) < 4.78 is 1.32. The highest BCUT2D eigenvalue weighted by Crippen LogP contribution is 2.27. The molecule has 2 heterocycles. The maximum atomic E-state index is 10.5. The van der Waals surface area contributed by atoms with Crippen LogP contribution in [0.3, 0.4) is 0 Å². The number of likely N-dealkylation sites (tertiary alicyclic amines) is 1. The van der Waals surface area contributed by atoms with Gasteiger partial charge in [0.2, 0.25) is 0 Å². The molecule has 15 heavy (non-hydrogen) atoms. The number of nitrogens with zero attached hydrogens (tertiary/aromatic N) is 3. The van der Waals surface area contributed by atoms with Crippen molar-refractivity contribution in [2.45, 2.75) is 5.92 Å². The molecule has 1 aliphatic rings. The van der Waals surface area contributed by atoms with Crippen LogP contribution in [0.2, 0.25) is 0 Å². The van der Waals surface area contributed by atoms with E-state index in [4.69, 9.17) is 16.2 Å². The van der Waals surface area contributed by atoms with E-state index >= 15 is 0 Å². The second-order valence-corrected chi connectivity index (χ2v) is 3.51. The highest BCUT2D eigenvalue weighted by atomic mass is 16.4. The van der Waals surface area contributed by atoms with Gasteiger partial charge in [0, 0.05) is 24.7 Å². The average Bonchev–Trinajstić information content (AvgIpc) is 2.45. The summed E-state index contributed by atoms with van der Waals surface area (Å²) in [6, 6.07) is 5.36. The molecule has 1 aromatic heterocycles. The van der Waals surface area contributed by atoms with E-state index in [2.05, 4.69) is 0 Å². The van der Waals surface area contributed by atoms with E-state index in [0.717, 1.165) is 5.69 Å². The summed E-state index contributed by atoms with van der Waals surface area (Å²) in [5.41, 5.74) is 1.20. The third-order valence-corrected chi connectivity index (χ3v) is 2.63. The Bertz CT molecular complexity index is 439. The zero-order chi connectivity index (χ0) is 11.0. The van der Waals surface area contributed by atoms with Crippen molar-refractivity contribution >= 4 is 6.09 Å². The molecule has 0 aromatic carbocycles. The van der Waals surface area contributed by atoms with Crippen LogP contribution >= 0.6 is 0 Å². The van der Waals surface area contributed by atoms with E-state index in [1.165, 1.54) is 9.58 Å². The number of carboxylic acid groups (broad SMARTS) is 1. The Morgan fingerprint density at radius 2 is 2.27 bits per heavy atom. The Kier molecular flexibility index (Phi) is 2.01. The maximum absolute atomic E-state index is 10.5. The standard InChI is InChI=1S/C9H10N4O2/c10-3-7-1-2-8(13(7)11)6-4-12(5-6)9(14)15/h1-2,6H,4-5,11H2,(H,14,15). The number of carbonyl (C=O) groups is 1. The molecule has 0 aliphatic carbocycles. The molecule has 1 fully saturated rings. The van der Waals surface area contributed by atoms with Gasteiger partial charge in [0.1, 0.15) is 11.8 Å². The van der Waals surface area contributed by atoms with Gasteiger partial charge in [-0.05, 0) is 12.1 Å². The predicted molar refractivity (Wildman–Crippen MR) is 51.6 cm³/mol. The van der Waals surface area contributed by atoms with Gasteiger partial charge in [-0.1, -0.05) is 0 Å². The molecule has 0 saturated carbocycles. The molecule has 0 spiro atoms. The predicted octanol–water partition coefficient (Wildman–Crippen LogP) is 0.151. The molecule has 1 amide bonds. The third-order valence-electron chi connectivity index (χ3n) is 2.63. The highest BCUT2D eigenvalue weighted by molar-refractivity contribution is 5.66. The molecule has 1 saturated heterocycles. The molecule has 6 heteroatoms. The summed E-state index contributed by atoms with van der Waals surface area (Å²) in [6.07, 6.45) is -0.915. The Morgan fingerprint density at radius 1 is 1.60 bits per heavy atom. The van der Waals surface area contributed by atoms with Crippen molar-refractivity contribution in [3.05, 3.63) is 23.5 Å². The van der Waals surface area contributed by atoms with Crippen molar-refractivity contribution < 1.29 is 9.90 Å². The fraction of sp³-hybridized carbons (Fsp3) is 0.333. The smallest absolute Gasteiger partial charge is 0.407 e. The number of nitriles is 1. The number of rotatable bonds is 1. The lowest BCUT2D eigenvalue weighted by Gasteiger charge is -2.37. The second-order valence-electron chi connectivity index (χ2n) is 3.51. The molecular weight excluding hydrogens is 196 g/mol. The first-order valence-electron chi connectivity index (χ1n) is 4.48. The van der Waals surface area contributed by atoms with E-state index in [0.29, 0.717) is 18.8 Å². The van der Waals surface area contributed by atoms with Crippen molar-refractivity contribution in [1.29, 1.82) is 5.26 Å². The van der Waals surface area contributed by atoms with Gasteiger partial charge in [0.05, 0.1) is 0 Å². The summed E-state index contributed by atoms with van der Waals surface area (Å²) in [6.45, 7) is 0.892. The molecule has 0 bridgehead atoms. The normalized spacial score (nSPS) is 15.8. The largest absolute Gasteiger partial charge is 0.465 e. The molecule has 0 atom stereocenters. The van der Waals surface area contributed by atoms with Gasteiger partial charge in [-0.25, -0.2) is 4.79 Å². The van der Waals surface area contributed by atoms with Gasteiger partial charge in [0.25, 0.3) is 0 Å². The first-order chi connectivity index (χ1) is 7.13. The fourth-order valence-corrected chi connectivity index (χ4v) is 1.71. The minimum atomic E-state index is -0.915. The lowest BCUT2D eigenvalue weighted by atomic mass is 9.97. The van der Waals surface area contributed by atoms with E-state index in [1.807, 2.05) is 6.07 Å². The van der Waals surface area contributed by atoms with Gasteiger partial charge in [-0.2, -0.15) is 5.26 Å². The Labute approximate surface area is 86.1 Å². The fourth-order valence-electron chi connectivity index (χ4n) is 1.71. The van der Waals surface area contributed by atoms with Gasteiger partial charge in [-0.3, -0.25) is 4.68 Å². The average molecular weight is 206 g/mol. The molecule has 1 aliphatic heterocycles. The highest BCUT2D eigenvalue weighted by Gasteiger charge is 2.33. The van der Waals surface area contributed by atoms with E-state index in [1.54, 1.807) is 12.1 Å². The van der Waals surface area contributed by atoms with Crippen LogP contribution in [0, 0.1) is 11.3 Å². The third kappa shape index (κ3) is 1.38. The monoisotopic (exact) mass is 206 g/mol. The molecule has 0 unspecified atom stereocenters. The SMILES string of the molecule is N#Cc1ccc(C2CN(C(=O)O)C2)n1N. The Balaban J connectivity index is 2.11.